The number of aromatic nitrogens is 1. The summed E-state index contributed by atoms with van der Waals surface area (Å²) in [5.41, 5.74) is -0.507. The molecule has 2 heterocycles. The molecule has 2 rings (SSSR count). The van der Waals surface area contributed by atoms with Gasteiger partial charge in [0.2, 0.25) is 0 Å². The number of ether oxygens (including phenoxy) is 1. The van der Waals surface area contributed by atoms with E-state index in [1.165, 1.54) is 0 Å². The third kappa shape index (κ3) is 3.93. The Morgan fingerprint density at radius 1 is 1.55 bits per heavy atom. The van der Waals surface area contributed by atoms with Crippen LogP contribution in [0.5, 0.6) is 0 Å². The molecular formula is C14H22N2O3S. The molecule has 20 heavy (non-hydrogen) atoms. The lowest BCUT2D eigenvalue weighted by Gasteiger charge is -2.24. The molecule has 0 radical (unpaired) electrons. The van der Waals surface area contributed by atoms with Gasteiger partial charge in [-0.25, -0.2) is 9.78 Å². The Morgan fingerprint density at radius 3 is 2.80 bits per heavy atom. The molecule has 2 atom stereocenters. The van der Waals surface area contributed by atoms with E-state index in [0.29, 0.717) is 19.5 Å². The number of aliphatic hydroxyl groups is 1. The molecule has 1 N–H and O–H groups in total. The van der Waals surface area contributed by atoms with Gasteiger partial charge in [0.05, 0.1) is 17.7 Å². The fourth-order valence-corrected chi connectivity index (χ4v) is 3.13. The van der Waals surface area contributed by atoms with Crippen LogP contribution in [0.3, 0.4) is 0 Å². The van der Waals surface area contributed by atoms with Crippen molar-refractivity contribution in [2.75, 3.05) is 13.1 Å². The summed E-state index contributed by atoms with van der Waals surface area (Å²) in [6, 6.07) is 0. The van der Waals surface area contributed by atoms with E-state index in [-0.39, 0.29) is 12.0 Å². The number of carbonyl (C=O) groups is 1. The Hall–Kier alpha value is -1.14. The molecule has 1 aromatic heterocycles. The van der Waals surface area contributed by atoms with E-state index in [1.54, 1.807) is 16.2 Å². The largest absolute Gasteiger partial charge is 0.444 e. The van der Waals surface area contributed by atoms with Crippen LogP contribution in [-0.4, -0.2) is 45.9 Å². The van der Waals surface area contributed by atoms with Crippen LogP contribution in [0.4, 0.5) is 4.79 Å². The molecule has 0 spiro atoms. The van der Waals surface area contributed by atoms with E-state index in [4.69, 9.17) is 4.74 Å². The summed E-state index contributed by atoms with van der Waals surface area (Å²) in [5.74, 6) is 0.0352. The van der Waals surface area contributed by atoms with Crippen molar-refractivity contribution in [3.05, 3.63) is 16.1 Å². The Morgan fingerprint density at radius 2 is 2.25 bits per heavy atom. The number of β-amino-alcohol motifs (C(OH)–C–C–N with tert-alkyl or cyclic N) is 1. The summed E-state index contributed by atoms with van der Waals surface area (Å²) in [7, 11) is 0. The van der Waals surface area contributed by atoms with Crippen LogP contribution < -0.4 is 0 Å². The number of amides is 1. The van der Waals surface area contributed by atoms with E-state index < -0.39 is 11.7 Å². The molecular weight excluding hydrogens is 276 g/mol. The van der Waals surface area contributed by atoms with Crippen molar-refractivity contribution in [3.8, 4) is 0 Å². The zero-order valence-corrected chi connectivity index (χ0v) is 13.2. The van der Waals surface area contributed by atoms with Crippen LogP contribution in [0.2, 0.25) is 0 Å². The number of aryl methyl sites for hydroxylation is 1. The fraction of sp³-hybridized carbons (Fsp3) is 0.714. The topological polar surface area (TPSA) is 62.7 Å². The van der Waals surface area contributed by atoms with E-state index in [0.717, 1.165) is 9.88 Å². The van der Waals surface area contributed by atoms with E-state index in [1.807, 2.05) is 33.9 Å². The van der Waals surface area contributed by atoms with Gasteiger partial charge in [-0.3, -0.25) is 0 Å². The minimum atomic E-state index is -0.508. The minimum absolute atomic E-state index is 0.0352. The second-order valence-electron chi connectivity index (χ2n) is 6.28. The van der Waals surface area contributed by atoms with Gasteiger partial charge in [-0.15, -0.1) is 11.3 Å². The first-order valence-electron chi connectivity index (χ1n) is 6.82. The monoisotopic (exact) mass is 298 g/mol. The number of hydrogen-bond acceptors (Lipinski definition) is 5. The van der Waals surface area contributed by atoms with Crippen molar-refractivity contribution in [3.63, 3.8) is 0 Å². The first kappa shape index (κ1) is 15.3. The fourth-order valence-electron chi connectivity index (χ4n) is 2.25. The number of likely N-dealkylation sites (tertiary alicyclic amines) is 1. The third-order valence-corrected chi connectivity index (χ3v) is 4.10. The smallest absolute Gasteiger partial charge is 0.410 e. The maximum atomic E-state index is 12.0. The zero-order chi connectivity index (χ0) is 14.9. The maximum absolute atomic E-state index is 12.0. The number of carbonyl (C=O) groups excluding carboxylic acids is 1. The molecule has 1 fully saturated rings. The molecule has 1 aliphatic rings. The second-order valence-corrected chi connectivity index (χ2v) is 7.60. The zero-order valence-electron chi connectivity index (χ0n) is 12.4. The van der Waals surface area contributed by atoms with Gasteiger partial charge in [0.15, 0.2) is 0 Å². The normalized spacial score (nSPS) is 23.1. The Labute approximate surface area is 123 Å². The number of thiazole rings is 1. The summed E-state index contributed by atoms with van der Waals surface area (Å²) in [4.78, 5) is 19.1. The van der Waals surface area contributed by atoms with Crippen LogP contribution in [0, 0.1) is 12.8 Å². The van der Waals surface area contributed by atoms with Crippen LogP contribution in [0.15, 0.2) is 6.20 Å². The second kappa shape index (κ2) is 5.69. The van der Waals surface area contributed by atoms with Gasteiger partial charge in [-0.2, -0.15) is 0 Å². The van der Waals surface area contributed by atoms with Crippen LogP contribution in [-0.2, 0) is 11.2 Å². The predicted molar refractivity (Wildman–Crippen MR) is 77.9 cm³/mol. The van der Waals surface area contributed by atoms with Crippen molar-refractivity contribution in [1.82, 2.24) is 9.88 Å². The molecule has 6 heteroatoms. The average Bonchev–Trinajstić information content (AvgIpc) is 2.85. The standard InChI is InChI=1S/C14H22N2O3S/c1-9-6-15-12(20-9)5-10-7-16(8-11(10)17)13(18)19-14(2,3)4/h6,10-11,17H,5,7-8H2,1-4H3. The highest BCUT2D eigenvalue weighted by Gasteiger charge is 2.36. The average molecular weight is 298 g/mol. The predicted octanol–water partition coefficient (Wildman–Crippen LogP) is 2.22. The number of rotatable bonds is 2. The molecule has 0 aliphatic carbocycles. The molecule has 1 aromatic rings. The van der Waals surface area contributed by atoms with E-state index >= 15 is 0 Å². The van der Waals surface area contributed by atoms with Gasteiger partial charge in [0.1, 0.15) is 5.60 Å². The maximum Gasteiger partial charge on any atom is 0.410 e. The molecule has 0 aromatic carbocycles. The third-order valence-electron chi connectivity index (χ3n) is 3.16. The van der Waals surface area contributed by atoms with Gasteiger partial charge in [0.25, 0.3) is 0 Å². The number of nitrogens with zero attached hydrogens (tertiary/aromatic N) is 2. The minimum Gasteiger partial charge on any atom is -0.444 e. The van der Waals surface area contributed by atoms with Gasteiger partial charge < -0.3 is 14.7 Å². The van der Waals surface area contributed by atoms with E-state index in [2.05, 4.69) is 4.98 Å². The summed E-state index contributed by atoms with van der Waals surface area (Å²) >= 11 is 1.64. The molecule has 1 aliphatic heterocycles. The molecule has 1 amide bonds. The molecule has 5 nitrogen and oxygen atoms in total. The van der Waals surface area contributed by atoms with Crippen LogP contribution in [0.25, 0.3) is 0 Å². The number of hydrogen-bond donors (Lipinski definition) is 1. The van der Waals surface area contributed by atoms with Gasteiger partial charge >= 0.3 is 6.09 Å². The van der Waals surface area contributed by atoms with Gasteiger partial charge in [-0.1, -0.05) is 0 Å². The van der Waals surface area contributed by atoms with Gasteiger partial charge in [-0.05, 0) is 27.7 Å². The summed E-state index contributed by atoms with van der Waals surface area (Å²) in [5, 5.41) is 11.1. The SMILES string of the molecule is Cc1cnc(CC2CN(C(=O)OC(C)(C)C)CC2O)s1. The highest BCUT2D eigenvalue weighted by Crippen LogP contribution is 2.25. The van der Waals surface area contributed by atoms with Crippen molar-refractivity contribution in [2.24, 2.45) is 5.92 Å². The van der Waals surface area contributed by atoms with Crippen LogP contribution in [0.1, 0.15) is 30.7 Å². The lowest BCUT2D eigenvalue weighted by molar-refractivity contribution is 0.0269. The summed E-state index contributed by atoms with van der Waals surface area (Å²) < 4.78 is 5.34. The quantitative estimate of drug-likeness (QED) is 0.909. The summed E-state index contributed by atoms with van der Waals surface area (Å²) in [6.07, 6.45) is 1.69. The first-order chi connectivity index (χ1) is 9.24. The Kier molecular flexibility index (Phi) is 4.34. The molecule has 0 saturated carbocycles. The Balaban J connectivity index is 1.93. The molecule has 2 unspecified atom stereocenters. The molecule has 0 bridgehead atoms. The van der Waals surface area contributed by atoms with Crippen molar-refractivity contribution in [2.45, 2.75) is 45.8 Å². The van der Waals surface area contributed by atoms with Crippen molar-refractivity contribution >= 4 is 17.4 Å². The Bertz CT molecular complexity index is 481. The summed E-state index contributed by atoms with van der Waals surface area (Å²) in [6.45, 7) is 8.39. The van der Waals surface area contributed by atoms with Crippen molar-refractivity contribution in [1.29, 1.82) is 0 Å². The highest BCUT2D eigenvalue weighted by atomic mass is 32.1. The number of aliphatic hydroxyl groups excluding tert-OH is 1. The van der Waals surface area contributed by atoms with Gasteiger partial charge in [0, 0.05) is 30.0 Å². The molecule has 112 valence electrons. The first-order valence-corrected chi connectivity index (χ1v) is 7.63. The highest BCUT2D eigenvalue weighted by molar-refractivity contribution is 7.11. The molecule has 1 saturated heterocycles. The lowest BCUT2D eigenvalue weighted by atomic mass is 10.0. The lowest BCUT2D eigenvalue weighted by Crippen LogP contribution is -2.35. The van der Waals surface area contributed by atoms with Crippen molar-refractivity contribution < 1.29 is 14.6 Å². The van der Waals surface area contributed by atoms with E-state index in [9.17, 15) is 9.90 Å². The van der Waals surface area contributed by atoms with Crippen LogP contribution >= 0.6 is 11.3 Å².